The average Bonchev–Trinajstić information content (AvgIpc) is 2.76. The first-order chi connectivity index (χ1) is 6.77. The van der Waals surface area contributed by atoms with Gasteiger partial charge in [0.05, 0.1) is 12.2 Å². The van der Waals surface area contributed by atoms with E-state index < -0.39 is 0 Å². The summed E-state index contributed by atoms with van der Waals surface area (Å²) >= 11 is 0. The van der Waals surface area contributed by atoms with Crippen LogP contribution in [0, 0.1) is 11.8 Å². The molecule has 2 atom stereocenters. The number of fused-ring (bicyclic) bond motifs is 2. The Morgan fingerprint density at radius 3 is 2.93 bits per heavy atom. The number of hydrogen-bond acceptors (Lipinski definition) is 3. The molecule has 0 aromatic carbocycles. The highest BCUT2D eigenvalue weighted by atomic mass is 16.5. The second-order valence-corrected chi connectivity index (χ2v) is 3.54. The summed E-state index contributed by atoms with van der Waals surface area (Å²) in [5.41, 5.74) is 1.20. The molecule has 3 nitrogen and oxygen atoms in total. The van der Waals surface area contributed by atoms with E-state index in [9.17, 15) is 9.59 Å². The molecule has 14 heavy (non-hydrogen) atoms. The Bertz CT molecular complexity index is 338. The minimum atomic E-state index is -0.327. The zero-order valence-corrected chi connectivity index (χ0v) is 8.03. The van der Waals surface area contributed by atoms with E-state index in [0.717, 1.165) is 12.7 Å². The molecule has 0 saturated carbocycles. The minimum Gasteiger partial charge on any atom is -0.463 e. The largest absolute Gasteiger partial charge is 0.463 e. The van der Waals surface area contributed by atoms with Crippen LogP contribution in [0.1, 0.15) is 13.3 Å². The monoisotopic (exact) mass is 192 g/mol. The molecule has 2 aliphatic rings. The molecule has 2 unspecified atom stereocenters. The second-order valence-electron chi connectivity index (χ2n) is 3.54. The van der Waals surface area contributed by atoms with Crippen molar-refractivity contribution in [2.75, 3.05) is 6.61 Å². The van der Waals surface area contributed by atoms with E-state index in [4.69, 9.17) is 4.74 Å². The van der Waals surface area contributed by atoms with Crippen LogP contribution in [0.3, 0.4) is 0 Å². The molecule has 0 N–H and O–H groups in total. The lowest BCUT2D eigenvalue weighted by Crippen LogP contribution is -2.14. The number of rotatable bonds is 3. The molecular formula is C11H12O3. The zero-order chi connectivity index (χ0) is 10.1. The van der Waals surface area contributed by atoms with E-state index in [-0.39, 0.29) is 17.8 Å². The predicted octanol–water partition coefficient (Wildman–Crippen LogP) is 1.25. The second kappa shape index (κ2) is 3.40. The Labute approximate surface area is 82.4 Å². The fourth-order valence-electron chi connectivity index (χ4n) is 2.19. The Morgan fingerprint density at radius 1 is 1.57 bits per heavy atom. The van der Waals surface area contributed by atoms with Crippen LogP contribution in [0.25, 0.3) is 0 Å². The molecule has 2 bridgehead atoms. The summed E-state index contributed by atoms with van der Waals surface area (Å²) in [6, 6.07) is 0. The highest BCUT2D eigenvalue weighted by Gasteiger charge is 2.38. The molecule has 0 aromatic rings. The van der Waals surface area contributed by atoms with Gasteiger partial charge in [-0.05, 0) is 13.3 Å². The standard InChI is InChI=1S/C11H12O3/c1-2-14-11(13)10-8-4-3-7(5-8)9(10)6-12/h3-4,6-8H,2,5H2,1H3. The van der Waals surface area contributed by atoms with E-state index in [0.29, 0.717) is 17.8 Å². The van der Waals surface area contributed by atoms with E-state index in [2.05, 4.69) is 0 Å². The van der Waals surface area contributed by atoms with Gasteiger partial charge >= 0.3 is 5.97 Å². The number of carbonyl (C=O) groups excluding carboxylic acids is 2. The van der Waals surface area contributed by atoms with Crippen LogP contribution in [0.5, 0.6) is 0 Å². The van der Waals surface area contributed by atoms with E-state index >= 15 is 0 Å². The summed E-state index contributed by atoms with van der Waals surface area (Å²) in [5, 5.41) is 0. The summed E-state index contributed by atoms with van der Waals surface area (Å²) in [6.45, 7) is 2.12. The number of hydrogen-bond donors (Lipinski definition) is 0. The van der Waals surface area contributed by atoms with Crippen LogP contribution in [0.15, 0.2) is 23.3 Å². The summed E-state index contributed by atoms with van der Waals surface area (Å²) in [5.74, 6) is -0.0670. The van der Waals surface area contributed by atoms with Crippen LogP contribution in [-0.2, 0) is 14.3 Å². The normalized spacial score (nSPS) is 28.4. The Balaban J connectivity index is 2.28. The number of allylic oxidation sites excluding steroid dienone is 3. The molecule has 3 heteroatoms. The molecular weight excluding hydrogens is 180 g/mol. The van der Waals surface area contributed by atoms with Crippen molar-refractivity contribution in [2.24, 2.45) is 11.8 Å². The first-order valence-electron chi connectivity index (χ1n) is 4.82. The topological polar surface area (TPSA) is 43.4 Å². The van der Waals surface area contributed by atoms with Gasteiger partial charge in [-0.3, -0.25) is 4.79 Å². The molecule has 0 radical (unpaired) electrons. The maximum absolute atomic E-state index is 11.5. The number of carbonyl (C=O) groups is 2. The van der Waals surface area contributed by atoms with Crippen molar-refractivity contribution in [2.45, 2.75) is 13.3 Å². The molecule has 0 saturated heterocycles. The van der Waals surface area contributed by atoms with Gasteiger partial charge in [0, 0.05) is 17.4 Å². The van der Waals surface area contributed by atoms with Gasteiger partial charge in [0.25, 0.3) is 0 Å². The molecule has 0 heterocycles. The molecule has 0 aromatic heterocycles. The smallest absolute Gasteiger partial charge is 0.335 e. The summed E-state index contributed by atoms with van der Waals surface area (Å²) < 4.78 is 4.92. The third-order valence-corrected chi connectivity index (χ3v) is 2.79. The lowest BCUT2D eigenvalue weighted by Gasteiger charge is -2.10. The lowest BCUT2D eigenvalue weighted by molar-refractivity contribution is -0.139. The number of aldehydes is 1. The van der Waals surface area contributed by atoms with Crippen LogP contribution in [0.4, 0.5) is 0 Å². The average molecular weight is 192 g/mol. The van der Waals surface area contributed by atoms with Gasteiger partial charge in [-0.1, -0.05) is 12.2 Å². The first-order valence-corrected chi connectivity index (χ1v) is 4.82. The van der Waals surface area contributed by atoms with Crippen LogP contribution >= 0.6 is 0 Å². The van der Waals surface area contributed by atoms with Crippen LogP contribution in [-0.4, -0.2) is 18.9 Å². The first kappa shape index (κ1) is 9.19. The Hall–Kier alpha value is -1.38. The summed E-state index contributed by atoms with van der Waals surface area (Å²) in [7, 11) is 0. The molecule has 74 valence electrons. The van der Waals surface area contributed by atoms with Crippen LogP contribution < -0.4 is 0 Å². The highest BCUT2D eigenvalue weighted by molar-refractivity contribution is 5.98. The van der Waals surface area contributed by atoms with Crippen molar-refractivity contribution in [1.82, 2.24) is 0 Å². The maximum Gasteiger partial charge on any atom is 0.335 e. The quantitative estimate of drug-likeness (QED) is 0.384. The minimum absolute atomic E-state index is 0.110. The summed E-state index contributed by atoms with van der Waals surface area (Å²) in [6.07, 6.45) is 5.64. The summed E-state index contributed by atoms with van der Waals surface area (Å²) in [4.78, 5) is 22.3. The van der Waals surface area contributed by atoms with Gasteiger partial charge in [-0.15, -0.1) is 0 Å². The van der Waals surface area contributed by atoms with Gasteiger partial charge < -0.3 is 4.74 Å². The van der Waals surface area contributed by atoms with Crippen molar-refractivity contribution in [1.29, 1.82) is 0 Å². The van der Waals surface area contributed by atoms with Crippen LogP contribution in [0.2, 0.25) is 0 Å². The Kier molecular flexibility index (Phi) is 2.23. The molecule has 0 amide bonds. The van der Waals surface area contributed by atoms with Gasteiger partial charge in [-0.25, -0.2) is 4.79 Å². The molecule has 0 aliphatic heterocycles. The maximum atomic E-state index is 11.5. The third-order valence-electron chi connectivity index (χ3n) is 2.79. The Morgan fingerprint density at radius 2 is 2.29 bits per heavy atom. The number of esters is 1. The van der Waals surface area contributed by atoms with Crippen molar-refractivity contribution in [3.8, 4) is 0 Å². The molecule has 0 fully saturated rings. The van der Waals surface area contributed by atoms with Crippen molar-refractivity contribution < 1.29 is 14.3 Å². The predicted molar refractivity (Wildman–Crippen MR) is 50.5 cm³/mol. The molecule has 0 spiro atoms. The number of ether oxygens (including phenoxy) is 1. The van der Waals surface area contributed by atoms with E-state index in [1.54, 1.807) is 6.92 Å². The third kappa shape index (κ3) is 1.20. The fourth-order valence-corrected chi connectivity index (χ4v) is 2.19. The fraction of sp³-hybridized carbons (Fsp3) is 0.455. The van der Waals surface area contributed by atoms with Crippen molar-refractivity contribution in [3.63, 3.8) is 0 Å². The van der Waals surface area contributed by atoms with Gasteiger partial charge in [0.2, 0.25) is 0 Å². The van der Waals surface area contributed by atoms with Crippen molar-refractivity contribution in [3.05, 3.63) is 23.3 Å². The molecule has 2 aliphatic carbocycles. The van der Waals surface area contributed by atoms with Gasteiger partial charge in [0.15, 0.2) is 0 Å². The highest BCUT2D eigenvalue weighted by Crippen LogP contribution is 2.43. The van der Waals surface area contributed by atoms with E-state index in [1.807, 2.05) is 12.2 Å². The van der Waals surface area contributed by atoms with Gasteiger partial charge in [-0.2, -0.15) is 0 Å². The zero-order valence-electron chi connectivity index (χ0n) is 8.03. The molecule has 2 rings (SSSR count). The van der Waals surface area contributed by atoms with Crippen molar-refractivity contribution >= 4 is 12.3 Å². The van der Waals surface area contributed by atoms with E-state index in [1.165, 1.54) is 0 Å². The SMILES string of the molecule is CCOC(=O)C1=C(C=O)C2C=CC1C2. The lowest BCUT2D eigenvalue weighted by atomic mass is 9.98. The van der Waals surface area contributed by atoms with Gasteiger partial charge in [0.1, 0.15) is 6.29 Å².